The van der Waals surface area contributed by atoms with E-state index in [-0.39, 0.29) is 17.7 Å². The number of methoxy groups -OCH3 is 1. The van der Waals surface area contributed by atoms with E-state index in [9.17, 15) is 9.59 Å². The van der Waals surface area contributed by atoms with E-state index >= 15 is 0 Å². The van der Waals surface area contributed by atoms with Crippen LogP contribution >= 0.6 is 22.7 Å². The first-order chi connectivity index (χ1) is 13.5. The Bertz CT molecular complexity index is 937. The van der Waals surface area contributed by atoms with Gasteiger partial charge >= 0.3 is 0 Å². The quantitative estimate of drug-likeness (QED) is 0.613. The van der Waals surface area contributed by atoms with Gasteiger partial charge in [0.2, 0.25) is 11.0 Å². The van der Waals surface area contributed by atoms with Crippen LogP contribution in [0.4, 0.5) is 5.13 Å². The van der Waals surface area contributed by atoms with Gasteiger partial charge in [-0.3, -0.25) is 14.9 Å². The highest BCUT2D eigenvalue weighted by Crippen LogP contribution is 2.28. The summed E-state index contributed by atoms with van der Waals surface area (Å²) in [5.41, 5.74) is 1.42. The number of ether oxygens (including phenoxy) is 1. The van der Waals surface area contributed by atoms with E-state index in [4.69, 9.17) is 4.74 Å². The number of aromatic nitrogens is 2. The van der Waals surface area contributed by atoms with Crippen LogP contribution in [-0.2, 0) is 4.79 Å². The van der Waals surface area contributed by atoms with E-state index in [1.54, 1.807) is 42.7 Å². The molecule has 0 saturated carbocycles. The zero-order chi connectivity index (χ0) is 20.1. The van der Waals surface area contributed by atoms with Crippen molar-refractivity contribution in [2.24, 2.45) is 5.92 Å². The Morgan fingerprint density at radius 1 is 1.11 bits per heavy atom. The fourth-order valence-corrected chi connectivity index (χ4v) is 3.92. The van der Waals surface area contributed by atoms with Crippen molar-refractivity contribution in [3.63, 3.8) is 0 Å². The number of rotatable bonds is 7. The van der Waals surface area contributed by atoms with E-state index in [0.29, 0.717) is 16.4 Å². The lowest BCUT2D eigenvalue weighted by Crippen LogP contribution is -2.47. The lowest BCUT2D eigenvalue weighted by atomic mass is 10.0. The minimum atomic E-state index is -0.705. The Hall–Kier alpha value is -2.78. The van der Waals surface area contributed by atoms with Gasteiger partial charge in [-0.2, -0.15) is 11.3 Å². The smallest absolute Gasteiger partial charge is 0.251 e. The van der Waals surface area contributed by atoms with Crippen LogP contribution < -0.4 is 15.4 Å². The predicted molar refractivity (Wildman–Crippen MR) is 111 cm³/mol. The van der Waals surface area contributed by atoms with Crippen LogP contribution in [0.3, 0.4) is 0 Å². The number of nitrogens with zero attached hydrogens (tertiary/aromatic N) is 2. The van der Waals surface area contributed by atoms with Gasteiger partial charge in [0.15, 0.2) is 0 Å². The Labute approximate surface area is 170 Å². The molecular formula is C19H20N4O3S2. The molecule has 9 heteroatoms. The van der Waals surface area contributed by atoms with Crippen molar-refractivity contribution in [3.8, 4) is 16.3 Å². The molecule has 0 aliphatic heterocycles. The molecule has 1 atom stereocenters. The number of carbonyl (C=O) groups excluding carboxylic acids is 2. The first-order valence-electron chi connectivity index (χ1n) is 8.59. The van der Waals surface area contributed by atoms with Gasteiger partial charge in [0, 0.05) is 16.5 Å². The van der Waals surface area contributed by atoms with Crippen LogP contribution in [0.2, 0.25) is 0 Å². The summed E-state index contributed by atoms with van der Waals surface area (Å²) in [5, 5.41) is 18.7. The number of carbonyl (C=O) groups is 2. The molecule has 1 unspecified atom stereocenters. The molecule has 0 saturated heterocycles. The number of anilines is 1. The third-order valence-electron chi connectivity index (χ3n) is 4.01. The third-order valence-corrected chi connectivity index (χ3v) is 5.58. The fourth-order valence-electron chi connectivity index (χ4n) is 2.46. The average Bonchev–Trinajstić information content (AvgIpc) is 3.37. The van der Waals surface area contributed by atoms with Crippen LogP contribution in [0.5, 0.6) is 5.75 Å². The van der Waals surface area contributed by atoms with E-state index in [1.165, 1.54) is 11.3 Å². The van der Waals surface area contributed by atoms with Crippen molar-refractivity contribution >= 4 is 39.6 Å². The highest BCUT2D eigenvalue weighted by Gasteiger charge is 2.26. The van der Waals surface area contributed by atoms with Gasteiger partial charge < -0.3 is 10.1 Å². The third kappa shape index (κ3) is 4.73. The van der Waals surface area contributed by atoms with Crippen LogP contribution in [0.1, 0.15) is 24.2 Å². The maximum absolute atomic E-state index is 12.7. The molecule has 2 N–H and O–H groups in total. The van der Waals surface area contributed by atoms with Crippen molar-refractivity contribution in [1.82, 2.24) is 15.5 Å². The molecule has 146 valence electrons. The first-order valence-corrected chi connectivity index (χ1v) is 10.4. The molecule has 0 spiro atoms. The molecule has 0 fully saturated rings. The summed E-state index contributed by atoms with van der Waals surface area (Å²) in [6, 6.07) is 7.95. The molecular weight excluding hydrogens is 396 g/mol. The molecule has 0 aliphatic carbocycles. The number of nitrogens with one attached hydrogen (secondary N) is 2. The molecule has 7 nitrogen and oxygen atoms in total. The van der Waals surface area contributed by atoms with Gasteiger partial charge in [-0.15, -0.1) is 10.2 Å². The maximum atomic E-state index is 12.7. The first kappa shape index (κ1) is 20.0. The second kappa shape index (κ2) is 8.94. The largest absolute Gasteiger partial charge is 0.497 e. The summed E-state index contributed by atoms with van der Waals surface area (Å²) in [6.45, 7) is 3.74. The SMILES string of the molecule is COc1ccc(C(=O)NC(C(=O)Nc2nnc(-c3ccsc3)s2)C(C)C)cc1. The summed E-state index contributed by atoms with van der Waals surface area (Å²) >= 11 is 2.86. The maximum Gasteiger partial charge on any atom is 0.251 e. The molecule has 2 aromatic heterocycles. The van der Waals surface area contributed by atoms with E-state index in [1.807, 2.05) is 30.7 Å². The van der Waals surface area contributed by atoms with Gasteiger partial charge in [0.1, 0.15) is 16.8 Å². The summed E-state index contributed by atoms with van der Waals surface area (Å²) in [4.78, 5) is 25.2. The molecule has 0 aliphatic rings. The van der Waals surface area contributed by atoms with Crippen molar-refractivity contribution in [2.45, 2.75) is 19.9 Å². The standard InChI is InChI=1S/C19H20N4O3S2/c1-11(2)15(20-16(24)12-4-6-14(26-3)7-5-12)17(25)21-19-23-22-18(28-19)13-8-9-27-10-13/h4-11,15H,1-3H3,(H,20,24)(H,21,23,25). The molecule has 0 radical (unpaired) electrons. The van der Waals surface area contributed by atoms with E-state index in [2.05, 4.69) is 20.8 Å². The van der Waals surface area contributed by atoms with Crippen LogP contribution in [0.25, 0.3) is 10.6 Å². The molecule has 3 aromatic rings. The van der Waals surface area contributed by atoms with Crippen molar-refractivity contribution < 1.29 is 14.3 Å². The van der Waals surface area contributed by atoms with Crippen LogP contribution in [-0.4, -0.2) is 35.2 Å². The fraction of sp³-hybridized carbons (Fsp3) is 0.263. The number of benzene rings is 1. The second-order valence-corrected chi connectivity index (χ2v) is 8.09. The molecule has 2 heterocycles. The number of amides is 2. The van der Waals surface area contributed by atoms with Crippen molar-refractivity contribution in [1.29, 1.82) is 0 Å². The predicted octanol–water partition coefficient (Wildman–Crippen LogP) is 3.67. The number of hydrogen-bond acceptors (Lipinski definition) is 7. The lowest BCUT2D eigenvalue weighted by Gasteiger charge is -2.21. The van der Waals surface area contributed by atoms with Gasteiger partial charge in [-0.1, -0.05) is 25.2 Å². The summed E-state index contributed by atoms with van der Waals surface area (Å²) in [6.07, 6.45) is 0. The minimum Gasteiger partial charge on any atom is -0.497 e. The second-order valence-electron chi connectivity index (χ2n) is 6.34. The van der Waals surface area contributed by atoms with Gasteiger partial charge in [-0.25, -0.2) is 0 Å². The Morgan fingerprint density at radius 2 is 1.86 bits per heavy atom. The van der Waals surface area contributed by atoms with Gasteiger partial charge in [0.05, 0.1) is 7.11 Å². The minimum absolute atomic E-state index is 0.105. The van der Waals surface area contributed by atoms with Gasteiger partial charge in [0.25, 0.3) is 5.91 Å². The van der Waals surface area contributed by atoms with Crippen LogP contribution in [0.15, 0.2) is 41.1 Å². The molecule has 3 rings (SSSR count). The van der Waals surface area contributed by atoms with E-state index in [0.717, 1.165) is 10.6 Å². The molecule has 28 heavy (non-hydrogen) atoms. The Kier molecular flexibility index (Phi) is 6.37. The van der Waals surface area contributed by atoms with Gasteiger partial charge in [-0.05, 0) is 41.6 Å². The number of hydrogen-bond donors (Lipinski definition) is 2. The van der Waals surface area contributed by atoms with Crippen LogP contribution in [0, 0.1) is 5.92 Å². The van der Waals surface area contributed by atoms with Crippen molar-refractivity contribution in [2.75, 3.05) is 12.4 Å². The number of thiophene rings is 1. The summed E-state index contributed by atoms with van der Waals surface area (Å²) in [7, 11) is 1.56. The highest BCUT2D eigenvalue weighted by atomic mass is 32.1. The molecule has 2 amide bonds. The zero-order valence-corrected chi connectivity index (χ0v) is 17.3. The Balaban J connectivity index is 1.67. The molecule has 0 bridgehead atoms. The summed E-state index contributed by atoms with van der Waals surface area (Å²) < 4.78 is 5.09. The highest BCUT2D eigenvalue weighted by molar-refractivity contribution is 7.19. The van der Waals surface area contributed by atoms with Crippen molar-refractivity contribution in [3.05, 3.63) is 46.7 Å². The normalized spacial score (nSPS) is 11.9. The average molecular weight is 417 g/mol. The molecule has 1 aromatic carbocycles. The summed E-state index contributed by atoms with van der Waals surface area (Å²) in [5.74, 6) is -0.100. The van der Waals surface area contributed by atoms with E-state index < -0.39 is 6.04 Å². The monoisotopic (exact) mass is 416 g/mol. The lowest BCUT2D eigenvalue weighted by molar-refractivity contribution is -0.118. The Morgan fingerprint density at radius 3 is 2.46 bits per heavy atom. The topological polar surface area (TPSA) is 93.2 Å². The zero-order valence-electron chi connectivity index (χ0n) is 15.6.